The Bertz CT molecular complexity index is 866. The predicted octanol–water partition coefficient (Wildman–Crippen LogP) is 4.76. The van der Waals surface area contributed by atoms with E-state index >= 15 is 0 Å². The van der Waals surface area contributed by atoms with Crippen LogP contribution >= 0.6 is 0 Å². The van der Waals surface area contributed by atoms with Crippen LogP contribution in [0.15, 0.2) is 67.0 Å². The Morgan fingerprint density at radius 2 is 1.54 bits per heavy atom. The summed E-state index contributed by atoms with van der Waals surface area (Å²) >= 11 is 0. The Hall–Kier alpha value is -3.68. The first-order valence-corrected chi connectivity index (χ1v) is 9.11. The van der Waals surface area contributed by atoms with Crippen molar-refractivity contribution >= 4 is 28.7 Å². The van der Waals surface area contributed by atoms with Crippen molar-refractivity contribution in [2.24, 2.45) is 0 Å². The third kappa shape index (κ3) is 4.53. The molecule has 2 N–H and O–H groups in total. The molecule has 144 valence electrons. The number of anilines is 4. The molecule has 8 heteroatoms. The molecule has 0 spiro atoms. The molecule has 0 saturated heterocycles. The number of hydrogen-bond acceptors (Lipinski definition) is 7. The molecular formula is C20H22N6O2. The van der Waals surface area contributed by atoms with Crippen LogP contribution in [-0.2, 0) is 0 Å². The fourth-order valence-corrected chi connectivity index (χ4v) is 2.68. The summed E-state index contributed by atoms with van der Waals surface area (Å²) in [6.45, 7) is 2.66. The maximum absolute atomic E-state index is 11.8. The SMILES string of the molecule is CCCCNc1ncnc(NN(c2ccccc2)c2ccccc2)c1[N+](=O)[O-]. The van der Waals surface area contributed by atoms with Gasteiger partial charge in [-0.3, -0.25) is 20.5 Å². The summed E-state index contributed by atoms with van der Waals surface area (Å²) in [4.78, 5) is 19.5. The average Bonchev–Trinajstić information content (AvgIpc) is 2.73. The number of aromatic nitrogens is 2. The minimum atomic E-state index is -0.467. The second-order valence-corrected chi connectivity index (χ2v) is 6.08. The molecule has 0 radical (unpaired) electrons. The van der Waals surface area contributed by atoms with E-state index in [9.17, 15) is 10.1 Å². The molecule has 0 aliphatic carbocycles. The lowest BCUT2D eigenvalue weighted by atomic mass is 10.2. The molecule has 1 heterocycles. The number of nitrogens with zero attached hydrogens (tertiary/aromatic N) is 4. The first kappa shape index (κ1) is 19.1. The molecule has 0 atom stereocenters. The Labute approximate surface area is 163 Å². The zero-order valence-electron chi connectivity index (χ0n) is 15.6. The van der Waals surface area contributed by atoms with Crippen LogP contribution in [0.2, 0.25) is 0 Å². The van der Waals surface area contributed by atoms with Crippen molar-refractivity contribution in [2.45, 2.75) is 19.8 Å². The maximum atomic E-state index is 11.8. The number of hydrazine groups is 1. The second-order valence-electron chi connectivity index (χ2n) is 6.08. The summed E-state index contributed by atoms with van der Waals surface area (Å²) in [5.74, 6) is 0.323. The van der Waals surface area contributed by atoms with Crippen molar-refractivity contribution in [3.63, 3.8) is 0 Å². The summed E-state index contributed by atoms with van der Waals surface area (Å²) in [5, 5.41) is 16.5. The molecule has 3 rings (SSSR count). The van der Waals surface area contributed by atoms with Gasteiger partial charge in [-0.15, -0.1) is 0 Å². The highest BCUT2D eigenvalue weighted by molar-refractivity contribution is 5.74. The van der Waals surface area contributed by atoms with Crippen molar-refractivity contribution in [3.8, 4) is 0 Å². The van der Waals surface area contributed by atoms with Gasteiger partial charge in [-0.25, -0.2) is 9.97 Å². The smallest absolute Gasteiger partial charge is 0.354 e. The van der Waals surface area contributed by atoms with Crippen LogP contribution < -0.4 is 15.8 Å². The summed E-state index contributed by atoms with van der Waals surface area (Å²) in [7, 11) is 0. The Morgan fingerprint density at radius 3 is 2.07 bits per heavy atom. The van der Waals surface area contributed by atoms with Crippen LogP contribution in [-0.4, -0.2) is 21.4 Å². The van der Waals surface area contributed by atoms with E-state index in [1.54, 1.807) is 5.01 Å². The fraction of sp³-hybridized carbons (Fsp3) is 0.200. The predicted molar refractivity (Wildman–Crippen MR) is 111 cm³/mol. The van der Waals surface area contributed by atoms with Crippen molar-refractivity contribution < 1.29 is 4.92 Å². The molecule has 0 fully saturated rings. The van der Waals surface area contributed by atoms with Gasteiger partial charge in [0.2, 0.25) is 11.6 Å². The summed E-state index contributed by atoms with van der Waals surface area (Å²) < 4.78 is 0. The topological polar surface area (TPSA) is 96.2 Å². The van der Waals surface area contributed by atoms with E-state index in [0.717, 1.165) is 24.2 Å². The lowest BCUT2D eigenvalue weighted by molar-refractivity contribution is -0.383. The zero-order valence-corrected chi connectivity index (χ0v) is 15.6. The monoisotopic (exact) mass is 378 g/mol. The van der Waals surface area contributed by atoms with Gasteiger partial charge in [0.25, 0.3) is 0 Å². The van der Waals surface area contributed by atoms with Gasteiger partial charge in [-0.1, -0.05) is 49.7 Å². The van der Waals surface area contributed by atoms with Gasteiger partial charge >= 0.3 is 5.69 Å². The van der Waals surface area contributed by atoms with Gasteiger partial charge in [0.05, 0.1) is 16.3 Å². The van der Waals surface area contributed by atoms with Crippen LogP contribution in [0.3, 0.4) is 0 Å². The minimum Gasteiger partial charge on any atom is -0.364 e. The molecule has 0 bridgehead atoms. The van der Waals surface area contributed by atoms with E-state index in [0.29, 0.717) is 6.54 Å². The molecule has 1 aromatic heterocycles. The van der Waals surface area contributed by atoms with Crippen molar-refractivity contribution in [3.05, 3.63) is 77.1 Å². The van der Waals surface area contributed by atoms with E-state index < -0.39 is 4.92 Å². The van der Waals surface area contributed by atoms with Crippen molar-refractivity contribution in [1.82, 2.24) is 9.97 Å². The van der Waals surface area contributed by atoms with E-state index in [-0.39, 0.29) is 17.3 Å². The largest absolute Gasteiger partial charge is 0.364 e. The molecule has 28 heavy (non-hydrogen) atoms. The molecular weight excluding hydrogens is 356 g/mol. The highest BCUT2D eigenvalue weighted by Gasteiger charge is 2.25. The summed E-state index contributed by atoms with van der Waals surface area (Å²) in [6, 6.07) is 19.1. The number of nitro groups is 1. The average molecular weight is 378 g/mol. The first-order valence-electron chi connectivity index (χ1n) is 9.11. The zero-order chi connectivity index (χ0) is 19.8. The van der Waals surface area contributed by atoms with E-state index in [1.807, 2.05) is 60.7 Å². The van der Waals surface area contributed by atoms with E-state index in [1.165, 1.54) is 6.33 Å². The van der Waals surface area contributed by atoms with Crippen LogP contribution in [0.1, 0.15) is 19.8 Å². The molecule has 0 amide bonds. The van der Waals surface area contributed by atoms with Gasteiger partial charge in [0.15, 0.2) is 0 Å². The molecule has 0 saturated carbocycles. The van der Waals surface area contributed by atoms with Crippen molar-refractivity contribution in [2.75, 3.05) is 22.3 Å². The van der Waals surface area contributed by atoms with Gasteiger partial charge in [-0.2, -0.15) is 0 Å². The third-order valence-corrected chi connectivity index (χ3v) is 4.07. The molecule has 0 aliphatic heterocycles. The van der Waals surface area contributed by atoms with Crippen LogP contribution in [0.5, 0.6) is 0 Å². The summed E-state index contributed by atoms with van der Waals surface area (Å²) in [5.41, 5.74) is 4.55. The lowest BCUT2D eigenvalue weighted by Crippen LogP contribution is -2.26. The highest BCUT2D eigenvalue weighted by atomic mass is 16.6. The third-order valence-electron chi connectivity index (χ3n) is 4.07. The number of rotatable bonds is 9. The number of nitrogens with one attached hydrogen (secondary N) is 2. The molecule has 0 unspecified atom stereocenters. The minimum absolute atomic E-state index is 0.117. The number of para-hydroxylation sites is 2. The quantitative estimate of drug-likeness (QED) is 0.315. The Morgan fingerprint density at radius 1 is 0.964 bits per heavy atom. The Kier molecular flexibility index (Phi) is 6.35. The number of unbranched alkanes of at least 4 members (excludes halogenated alkanes) is 1. The highest BCUT2D eigenvalue weighted by Crippen LogP contribution is 2.32. The lowest BCUT2D eigenvalue weighted by Gasteiger charge is -2.26. The van der Waals surface area contributed by atoms with Crippen LogP contribution in [0.4, 0.5) is 28.7 Å². The standard InChI is InChI=1S/C20H22N6O2/c1-2-3-14-21-19-18(26(27)28)20(23-15-22-19)24-25(16-10-6-4-7-11-16)17-12-8-5-9-13-17/h4-13,15H,2-3,14H2,1H3,(H2,21,22,23,24). The first-order chi connectivity index (χ1) is 13.7. The van der Waals surface area contributed by atoms with Gasteiger partial charge in [0.1, 0.15) is 6.33 Å². The van der Waals surface area contributed by atoms with E-state index in [2.05, 4.69) is 27.6 Å². The van der Waals surface area contributed by atoms with Gasteiger partial charge in [-0.05, 0) is 30.7 Å². The van der Waals surface area contributed by atoms with Crippen LogP contribution in [0.25, 0.3) is 0 Å². The molecule has 8 nitrogen and oxygen atoms in total. The molecule has 2 aromatic carbocycles. The van der Waals surface area contributed by atoms with Gasteiger partial charge < -0.3 is 5.32 Å². The second kappa shape index (κ2) is 9.31. The van der Waals surface area contributed by atoms with E-state index in [4.69, 9.17) is 0 Å². The molecule has 3 aromatic rings. The van der Waals surface area contributed by atoms with Crippen LogP contribution in [0, 0.1) is 10.1 Å². The Balaban J connectivity index is 1.99. The molecule has 0 aliphatic rings. The summed E-state index contributed by atoms with van der Waals surface area (Å²) in [6.07, 6.45) is 3.19. The maximum Gasteiger partial charge on any atom is 0.354 e. The van der Waals surface area contributed by atoms with Crippen molar-refractivity contribution in [1.29, 1.82) is 0 Å². The normalized spacial score (nSPS) is 10.3. The van der Waals surface area contributed by atoms with Gasteiger partial charge in [0, 0.05) is 6.54 Å². The number of hydrogen-bond donors (Lipinski definition) is 2. The fourth-order valence-electron chi connectivity index (χ4n) is 2.68. The number of benzene rings is 2.